The van der Waals surface area contributed by atoms with E-state index in [-0.39, 0.29) is 11.8 Å². The zero-order valence-electron chi connectivity index (χ0n) is 19.1. The number of fused-ring (bicyclic) bond motifs is 1. The molecule has 0 radical (unpaired) electrons. The van der Waals surface area contributed by atoms with Gasteiger partial charge >= 0.3 is 0 Å². The lowest BCUT2D eigenvalue weighted by atomic mass is 9.95. The Balaban J connectivity index is 1.24. The van der Waals surface area contributed by atoms with Crippen molar-refractivity contribution in [3.8, 4) is 23.0 Å². The van der Waals surface area contributed by atoms with Crippen LogP contribution in [0.1, 0.15) is 24.0 Å². The third-order valence-electron chi connectivity index (χ3n) is 6.34. The second kappa shape index (κ2) is 10.1. The Labute approximate surface area is 189 Å². The summed E-state index contributed by atoms with van der Waals surface area (Å²) in [6.07, 6.45) is 2.57. The molecule has 0 aliphatic carbocycles. The number of carbonyl (C=O) groups is 1. The first-order chi connectivity index (χ1) is 15.6. The number of rotatable bonds is 8. The highest BCUT2D eigenvalue weighted by atomic mass is 16.7. The fourth-order valence-corrected chi connectivity index (χ4v) is 4.39. The van der Waals surface area contributed by atoms with E-state index in [0.29, 0.717) is 24.8 Å². The number of hydrogen-bond donors (Lipinski definition) is 0. The summed E-state index contributed by atoms with van der Waals surface area (Å²) in [6.45, 7) is 3.70. The van der Waals surface area contributed by atoms with Crippen molar-refractivity contribution in [2.24, 2.45) is 5.92 Å². The van der Waals surface area contributed by atoms with E-state index in [1.165, 1.54) is 5.56 Å². The largest absolute Gasteiger partial charge is 0.493 e. The van der Waals surface area contributed by atoms with E-state index in [4.69, 9.17) is 18.9 Å². The molecule has 7 heteroatoms. The van der Waals surface area contributed by atoms with Crippen LogP contribution in [-0.2, 0) is 17.8 Å². The maximum Gasteiger partial charge on any atom is 0.231 e. The number of nitrogens with zero attached hydrogens (tertiary/aromatic N) is 2. The van der Waals surface area contributed by atoms with Gasteiger partial charge in [-0.15, -0.1) is 0 Å². The molecule has 1 amide bonds. The van der Waals surface area contributed by atoms with E-state index in [2.05, 4.69) is 17.0 Å². The van der Waals surface area contributed by atoms with Crippen molar-refractivity contribution < 1.29 is 23.7 Å². The van der Waals surface area contributed by atoms with E-state index >= 15 is 0 Å². The molecule has 172 valence electrons. The second-order valence-corrected chi connectivity index (χ2v) is 8.44. The van der Waals surface area contributed by atoms with Crippen molar-refractivity contribution in [1.82, 2.24) is 9.80 Å². The number of carbonyl (C=O) groups excluding carboxylic acids is 1. The molecule has 2 aromatic rings. The fourth-order valence-electron chi connectivity index (χ4n) is 4.39. The average molecular weight is 441 g/mol. The van der Waals surface area contributed by atoms with E-state index in [1.807, 2.05) is 36.2 Å². The van der Waals surface area contributed by atoms with Crippen LogP contribution >= 0.6 is 0 Å². The standard InChI is InChI=1S/C25H32N2O5/c1-26(11-8-18-4-6-21(29-2)23(14-18)30-3)25(28)20-9-12-27(13-10-20)16-19-5-7-22-24(15-19)32-17-31-22/h4-7,14-15,20H,8-13,16-17H2,1-3H3. The maximum absolute atomic E-state index is 13.0. The summed E-state index contributed by atoms with van der Waals surface area (Å²) in [4.78, 5) is 17.2. The minimum atomic E-state index is 0.0957. The molecule has 2 aliphatic heterocycles. The molecular formula is C25H32N2O5. The Morgan fingerprint density at radius 3 is 2.47 bits per heavy atom. The maximum atomic E-state index is 13.0. The van der Waals surface area contributed by atoms with Crippen molar-refractivity contribution in [2.75, 3.05) is 47.7 Å². The van der Waals surface area contributed by atoms with Crippen LogP contribution in [0.2, 0.25) is 0 Å². The van der Waals surface area contributed by atoms with Crippen molar-refractivity contribution >= 4 is 5.91 Å². The van der Waals surface area contributed by atoms with Gasteiger partial charge in [0.2, 0.25) is 12.7 Å². The molecule has 0 N–H and O–H groups in total. The number of hydrogen-bond acceptors (Lipinski definition) is 6. The summed E-state index contributed by atoms with van der Waals surface area (Å²) >= 11 is 0. The molecule has 2 aliphatic rings. The Bertz CT molecular complexity index is 940. The molecule has 0 spiro atoms. The van der Waals surface area contributed by atoms with Crippen LogP contribution in [0.3, 0.4) is 0 Å². The Hall–Kier alpha value is -2.93. The molecule has 0 bridgehead atoms. The molecule has 2 aromatic carbocycles. The highest BCUT2D eigenvalue weighted by molar-refractivity contribution is 5.78. The van der Waals surface area contributed by atoms with Crippen LogP contribution in [0.4, 0.5) is 0 Å². The normalized spacial score (nSPS) is 16.1. The van der Waals surface area contributed by atoms with Gasteiger partial charge in [-0.05, 0) is 67.7 Å². The van der Waals surface area contributed by atoms with Gasteiger partial charge < -0.3 is 23.8 Å². The summed E-state index contributed by atoms with van der Waals surface area (Å²) in [6, 6.07) is 12.0. The molecule has 0 saturated carbocycles. The predicted molar refractivity (Wildman–Crippen MR) is 121 cm³/mol. The van der Waals surface area contributed by atoms with Crippen LogP contribution in [-0.4, -0.2) is 63.4 Å². The van der Waals surface area contributed by atoms with E-state index in [0.717, 1.165) is 56.0 Å². The van der Waals surface area contributed by atoms with Crippen LogP contribution in [0.25, 0.3) is 0 Å². The zero-order valence-corrected chi connectivity index (χ0v) is 19.1. The van der Waals surface area contributed by atoms with Gasteiger partial charge in [-0.25, -0.2) is 0 Å². The minimum absolute atomic E-state index is 0.0957. The SMILES string of the molecule is COc1ccc(CCN(C)C(=O)C2CCN(Cc3ccc4c(c3)OCO4)CC2)cc1OC. The summed E-state index contributed by atoms with van der Waals surface area (Å²) in [5, 5.41) is 0. The molecular weight excluding hydrogens is 408 g/mol. The molecule has 0 unspecified atom stereocenters. The number of methoxy groups -OCH3 is 2. The number of likely N-dealkylation sites (tertiary alicyclic amines) is 1. The lowest BCUT2D eigenvalue weighted by molar-refractivity contribution is -0.135. The van der Waals surface area contributed by atoms with Crippen molar-refractivity contribution in [1.29, 1.82) is 0 Å². The topological polar surface area (TPSA) is 60.5 Å². The smallest absolute Gasteiger partial charge is 0.231 e. The summed E-state index contributed by atoms with van der Waals surface area (Å²) in [7, 11) is 5.17. The van der Waals surface area contributed by atoms with Crippen LogP contribution in [0.15, 0.2) is 36.4 Å². The second-order valence-electron chi connectivity index (χ2n) is 8.44. The molecule has 32 heavy (non-hydrogen) atoms. The molecule has 7 nitrogen and oxygen atoms in total. The number of ether oxygens (including phenoxy) is 4. The summed E-state index contributed by atoms with van der Waals surface area (Å²) in [5.74, 6) is 3.41. The molecule has 4 rings (SSSR count). The van der Waals surface area contributed by atoms with E-state index < -0.39 is 0 Å². The first-order valence-corrected chi connectivity index (χ1v) is 11.1. The fraction of sp³-hybridized carbons (Fsp3) is 0.480. The first kappa shape index (κ1) is 22.3. The van der Waals surface area contributed by atoms with Crippen molar-refractivity contribution in [2.45, 2.75) is 25.8 Å². The van der Waals surface area contributed by atoms with E-state index in [1.54, 1.807) is 14.2 Å². The third kappa shape index (κ3) is 5.10. The lowest BCUT2D eigenvalue weighted by Crippen LogP contribution is -2.41. The van der Waals surface area contributed by atoms with Crippen molar-refractivity contribution in [3.63, 3.8) is 0 Å². The van der Waals surface area contributed by atoms with Gasteiger partial charge in [0.25, 0.3) is 0 Å². The first-order valence-electron chi connectivity index (χ1n) is 11.1. The Kier molecular flexibility index (Phi) is 7.05. The molecule has 0 aromatic heterocycles. The Morgan fingerprint density at radius 2 is 1.72 bits per heavy atom. The zero-order chi connectivity index (χ0) is 22.5. The Morgan fingerprint density at radius 1 is 1.00 bits per heavy atom. The minimum Gasteiger partial charge on any atom is -0.493 e. The van der Waals surface area contributed by atoms with Crippen LogP contribution in [0.5, 0.6) is 23.0 Å². The number of amides is 1. The molecule has 2 heterocycles. The summed E-state index contributed by atoms with van der Waals surface area (Å²) in [5.41, 5.74) is 2.34. The van der Waals surface area contributed by atoms with Crippen LogP contribution in [0, 0.1) is 5.92 Å². The van der Waals surface area contributed by atoms with Gasteiger partial charge in [-0.2, -0.15) is 0 Å². The number of benzene rings is 2. The lowest BCUT2D eigenvalue weighted by Gasteiger charge is -2.33. The molecule has 1 fully saturated rings. The molecule has 1 saturated heterocycles. The highest BCUT2D eigenvalue weighted by Gasteiger charge is 2.27. The van der Waals surface area contributed by atoms with Gasteiger partial charge in [0.1, 0.15) is 0 Å². The average Bonchev–Trinajstić information content (AvgIpc) is 3.30. The molecule has 0 atom stereocenters. The van der Waals surface area contributed by atoms with E-state index in [9.17, 15) is 4.79 Å². The highest BCUT2D eigenvalue weighted by Crippen LogP contribution is 2.33. The number of likely N-dealkylation sites (N-methyl/N-ethyl adjacent to an activating group) is 1. The monoisotopic (exact) mass is 440 g/mol. The van der Waals surface area contributed by atoms with Gasteiger partial charge in [-0.1, -0.05) is 12.1 Å². The predicted octanol–water partition coefficient (Wildman–Crippen LogP) is 3.35. The van der Waals surface area contributed by atoms with Gasteiger partial charge in [0.05, 0.1) is 14.2 Å². The number of piperidine rings is 1. The van der Waals surface area contributed by atoms with Gasteiger partial charge in [-0.3, -0.25) is 9.69 Å². The van der Waals surface area contributed by atoms with Crippen LogP contribution < -0.4 is 18.9 Å². The quantitative estimate of drug-likeness (QED) is 0.628. The summed E-state index contributed by atoms with van der Waals surface area (Å²) < 4.78 is 21.5. The van der Waals surface area contributed by atoms with Crippen molar-refractivity contribution in [3.05, 3.63) is 47.5 Å². The van der Waals surface area contributed by atoms with Gasteiger partial charge in [0, 0.05) is 26.1 Å². The third-order valence-corrected chi connectivity index (χ3v) is 6.34. The van der Waals surface area contributed by atoms with Gasteiger partial charge in [0.15, 0.2) is 23.0 Å².